The lowest BCUT2D eigenvalue weighted by Gasteiger charge is -2.36. The van der Waals surface area contributed by atoms with Gasteiger partial charge in [0.15, 0.2) is 0 Å². The molecule has 1 unspecified atom stereocenters. The first kappa shape index (κ1) is 16.0. The first-order valence-corrected chi connectivity index (χ1v) is 7.52. The van der Waals surface area contributed by atoms with Crippen LogP contribution in [0.15, 0.2) is 30.3 Å². The summed E-state index contributed by atoms with van der Waals surface area (Å²) in [5.74, 6) is 0. The number of hydrogen-bond donors (Lipinski definition) is 1. The summed E-state index contributed by atoms with van der Waals surface area (Å²) in [5, 5.41) is 3.70. The Morgan fingerprint density at radius 1 is 1.11 bits per heavy atom. The predicted octanol–water partition coefficient (Wildman–Crippen LogP) is 3.93. The van der Waals surface area contributed by atoms with Crippen LogP contribution >= 0.6 is 0 Å². The molecule has 0 aliphatic rings. The summed E-state index contributed by atoms with van der Waals surface area (Å²) in [5.41, 5.74) is 1.59. The Bertz CT molecular complexity index is 340. The Morgan fingerprint density at radius 2 is 1.74 bits per heavy atom. The van der Waals surface area contributed by atoms with Crippen LogP contribution in [0.1, 0.15) is 41.0 Å². The molecule has 0 aliphatic carbocycles. The third kappa shape index (κ3) is 5.23. The normalized spacial score (nSPS) is 13.3. The highest BCUT2D eigenvalue weighted by atomic mass is 15.2. The van der Waals surface area contributed by atoms with Gasteiger partial charge in [-0.3, -0.25) is 0 Å². The van der Waals surface area contributed by atoms with Crippen molar-refractivity contribution in [1.29, 1.82) is 0 Å². The maximum atomic E-state index is 3.70. The molecule has 0 radical (unpaired) electrons. The summed E-state index contributed by atoms with van der Waals surface area (Å²) in [6.07, 6.45) is 1.18. The quantitative estimate of drug-likeness (QED) is 0.801. The number of benzene rings is 1. The third-order valence-corrected chi connectivity index (χ3v) is 3.59. The topological polar surface area (TPSA) is 15.3 Å². The molecule has 1 aromatic carbocycles. The second-order valence-electron chi connectivity index (χ2n) is 6.25. The van der Waals surface area contributed by atoms with Gasteiger partial charge in [-0.05, 0) is 37.4 Å². The zero-order valence-corrected chi connectivity index (χ0v) is 13.2. The van der Waals surface area contributed by atoms with Gasteiger partial charge in [0.2, 0.25) is 0 Å². The molecule has 0 bridgehead atoms. The molecule has 0 aromatic heterocycles. The fourth-order valence-electron chi connectivity index (χ4n) is 2.24. The number of anilines is 1. The van der Waals surface area contributed by atoms with Crippen molar-refractivity contribution in [3.63, 3.8) is 0 Å². The summed E-state index contributed by atoms with van der Waals surface area (Å²) < 4.78 is 0. The lowest BCUT2D eigenvalue weighted by molar-refractivity contribution is 0.270. The molecule has 0 fully saturated rings. The Balaban J connectivity index is 2.75. The van der Waals surface area contributed by atoms with Crippen molar-refractivity contribution in [1.82, 2.24) is 5.32 Å². The van der Waals surface area contributed by atoms with Crippen molar-refractivity contribution in [3.05, 3.63) is 30.3 Å². The zero-order valence-electron chi connectivity index (χ0n) is 13.2. The maximum Gasteiger partial charge on any atom is 0.0366 e. The number of nitrogens with zero attached hydrogens (tertiary/aromatic N) is 1. The van der Waals surface area contributed by atoms with Crippen LogP contribution in [0, 0.1) is 5.41 Å². The Kier molecular flexibility index (Phi) is 6.36. The molecular formula is C17H30N2. The van der Waals surface area contributed by atoms with E-state index in [2.05, 4.69) is 75.2 Å². The molecule has 1 rings (SSSR count). The van der Waals surface area contributed by atoms with Gasteiger partial charge in [0.05, 0.1) is 0 Å². The van der Waals surface area contributed by atoms with Gasteiger partial charge in [0.25, 0.3) is 0 Å². The molecule has 0 saturated heterocycles. The van der Waals surface area contributed by atoms with Crippen molar-refractivity contribution in [2.24, 2.45) is 5.41 Å². The standard InChI is InChI=1S/C17H30N2/c1-6-13-18-16(17(3,4)5)14-19(7-2)15-11-9-8-10-12-15/h8-12,16,18H,6-7,13-14H2,1-5H3. The van der Waals surface area contributed by atoms with E-state index in [1.54, 1.807) is 0 Å². The highest BCUT2D eigenvalue weighted by Gasteiger charge is 2.25. The maximum absolute atomic E-state index is 3.70. The van der Waals surface area contributed by atoms with E-state index in [9.17, 15) is 0 Å². The molecule has 0 amide bonds. The van der Waals surface area contributed by atoms with Gasteiger partial charge in [-0.25, -0.2) is 0 Å². The van der Waals surface area contributed by atoms with Crippen LogP contribution in [-0.2, 0) is 0 Å². The van der Waals surface area contributed by atoms with E-state index >= 15 is 0 Å². The first-order valence-electron chi connectivity index (χ1n) is 7.52. The largest absolute Gasteiger partial charge is 0.370 e. The highest BCUT2D eigenvalue weighted by Crippen LogP contribution is 2.22. The molecule has 2 heteroatoms. The van der Waals surface area contributed by atoms with Crippen molar-refractivity contribution in [2.45, 2.75) is 47.1 Å². The Labute approximate surface area is 119 Å². The van der Waals surface area contributed by atoms with E-state index in [1.165, 1.54) is 12.1 Å². The molecule has 1 aromatic rings. The lowest BCUT2D eigenvalue weighted by Crippen LogP contribution is -2.49. The average molecular weight is 262 g/mol. The SMILES string of the molecule is CCCNC(CN(CC)c1ccccc1)C(C)(C)C. The minimum atomic E-state index is 0.275. The molecule has 0 heterocycles. The monoisotopic (exact) mass is 262 g/mol. The predicted molar refractivity (Wildman–Crippen MR) is 85.9 cm³/mol. The number of hydrogen-bond acceptors (Lipinski definition) is 2. The third-order valence-electron chi connectivity index (χ3n) is 3.59. The lowest BCUT2D eigenvalue weighted by atomic mass is 9.86. The summed E-state index contributed by atoms with van der Waals surface area (Å²) >= 11 is 0. The van der Waals surface area contributed by atoms with Gasteiger partial charge in [-0.15, -0.1) is 0 Å². The smallest absolute Gasteiger partial charge is 0.0366 e. The average Bonchev–Trinajstić information content (AvgIpc) is 2.38. The van der Waals surface area contributed by atoms with Crippen LogP contribution in [0.25, 0.3) is 0 Å². The second kappa shape index (κ2) is 7.54. The van der Waals surface area contributed by atoms with Gasteiger partial charge >= 0.3 is 0 Å². The molecule has 0 saturated carbocycles. The van der Waals surface area contributed by atoms with Crippen LogP contribution in [0.3, 0.4) is 0 Å². The molecule has 108 valence electrons. The van der Waals surface area contributed by atoms with E-state index in [0.717, 1.165) is 19.6 Å². The van der Waals surface area contributed by atoms with Crippen LogP contribution in [0.4, 0.5) is 5.69 Å². The Morgan fingerprint density at radius 3 is 2.21 bits per heavy atom. The van der Waals surface area contributed by atoms with E-state index in [0.29, 0.717) is 6.04 Å². The minimum Gasteiger partial charge on any atom is -0.370 e. The van der Waals surface area contributed by atoms with Gasteiger partial charge in [-0.1, -0.05) is 45.9 Å². The Hall–Kier alpha value is -1.02. The fourth-order valence-corrected chi connectivity index (χ4v) is 2.24. The summed E-state index contributed by atoms with van der Waals surface area (Å²) in [7, 11) is 0. The van der Waals surface area contributed by atoms with Crippen molar-refractivity contribution in [2.75, 3.05) is 24.5 Å². The number of rotatable bonds is 7. The molecule has 2 nitrogen and oxygen atoms in total. The van der Waals surface area contributed by atoms with E-state index in [-0.39, 0.29) is 5.41 Å². The second-order valence-corrected chi connectivity index (χ2v) is 6.25. The van der Waals surface area contributed by atoms with Gasteiger partial charge in [-0.2, -0.15) is 0 Å². The van der Waals surface area contributed by atoms with E-state index in [4.69, 9.17) is 0 Å². The molecule has 1 N–H and O–H groups in total. The van der Waals surface area contributed by atoms with E-state index < -0.39 is 0 Å². The molecular weight excluding hydrogens is 232 g/mol. The van der Waals surface area contributed by atoms with Gasteiger partial charge in [0.1, 0.15) is 0 Å². The number of para-hydroxylation sites is 1. The van der Waals surface area contributed by atoms with Crippen molar-refractivity contribution in [3.8, 4) is 0 Å². The van der Waals surface area contributed by atoms with Crippen LogP contribution in [0.5, 0.6) is 0 Å². The number of nitrogens with one attached hydrogen (secondary N) is 1. The van der Waals surface area contributed by atoms with Gasteiger partial charge in [0, 0.05) is 24.8 Å². The highest BCUT2D eigenvalue weighted by molar-refractivity contribution is 5.46. The van der Waals surface area contributed by atoms with Crippen LogP contribution in [0.2, 0.25) is 0 Å². The van der Waals surface area contributed by atoms with Gasteiger partial charge < -0.3 is 10.2 Å². The van der Waals surface area contributed by atoms with E-state index in [1.807, 2.05) is 0 Å². The summed E-state index contributed by atoms with van der Waals surface area (Å²) in [6, 6.07) is 11.2. The minimum absolute atomic E-state index is 0.275. The summed E-state index contributed by atoms with van der Waals surface area (Å²) in [4.78, 5) is 2.46. The van der Waals surface area contributed by atoms with Crippen molar-refractivity contribution >= 4 is 5.69 Å². The number of likely N-dealkylation sites (N-methyl/N-ethyl adjacent to an activating group) is 1. The van der Waals surface area contributed by atoms with Crippen molar-refractivity contribution < 1.29 is 0 Å². The molecule has 1 atom stereocenters. The van der Waals surface area contributed by atoms with Crippen LogP contribution in [-0.4, -0.2) is 25.7 Å². The molecule has 19 heavy (non-hydrogen) atoms. The molecule has 0 spiro atoms. The first-order chi connectivity index (χ1) is 8.99. The zero-order chi connectivity index (χ0) is 14.3. The fraction of sp³-hybridized carbons (Fsp3) is 0.647. The van der Waals surface area contributed by atoms with Crippen LogP contribution < -0.4 is 10.2 Å². The molecule has 0 aliphatic heterocycles. The summed E-state index contributed by atoms with van der Waals surface area (Å²) in [6.45, 7) is 14.6.